The van der Waals surface area contributed by atoms with Crippen LogP contribution in [0.5, 0.6) is 0 Å². The number of nitrogens with zero attached hydrogens (tertiary/aromatic N) is 2. The number of nitrogens with one attached hydrogen (secondary N) is 3. The standard InChI is InChI=1S/C31H45N3O5Si.C18H32N2O2Si.C13H15NO5/c1-8-23-16-24(22-39-40(6,7)31(2,3)4)18-26(17-23)34(5)30(38)15-14-27(35)19-33-29(37)21-32-20-28(36)25-12-10-9-11-13-25;1-8-14-9-15(13-22-23(6,7)18(2,3)4)11-16(10-14)20(5)17(21)12-19;15-11(6-7-12(16)17)8-14-13(18)19-9-10-4-2-1-3-5-10/h9-13,16-18,32H,8,14-15,19-22H2,1-7H3,(H,33,37);9-11H,8,12-13,19H2,1-7H3;1-5H,6-9H2,(H,14,18)(H,16,17). The van der Waals surface area contributed by atoms with E-state index >= 15 is 0 Å². The SMILES string of the molecule is CCc1cc(CO[Si](C)(C)C(C)(C)C)cc(N(C)C(=O)CCC(=O)CNC(=O)CNCC(=O)c2ccccc2)c1.CCc1cc(CO[Si](C)(C)C(C)(C)C)cc(N(C)C(=O)CN)c1.O=C(O)CCC(=O)CNC(=O)OCc1ccccc1. The Morgan fingerprint density at radius 2 is 0.976 bits per heavy atom. The van der Waals surface area contributed by atoms with Crippen molar-refractivity contribution in [3.63, 3.8) is 0 Å². The van der Waals surface area contributed by atoms with Crippen LogP contribution in [-0.4, -0.2) is 116 Å². The molecule has 0 atom stereocenters. The van der Waals surface area contributed by atoms with E-state index in [1.54, 1.807) is 48.2 Å². The normalized spacial score (nSPS) is 11.4. The number of carbonyl (C=O) groups is 8. The van der Waals surface area contributed by atoms with Crippen LogP contribution in [0, 0.1) is 0 Å². The largest absolute Gasteiger partial charge is 0.481 e. The molecule has 4 amide bonds. The average molecular weight is 1170 g/mol. The molecule has 0 heterocycles. The summed E-state index contributed by atoms with van der Waals surface area (Å²) in [6.07, 6.45) is 0.780. The predicted molar refractivity (Wildman–Crippen MR) is 329 cm³/mol. The molecule has 0 fully saturated rings. The first-order valence-corrected chi connectivity index (χ1v) is 33.7. The summed E-state index contributed by atoms with van der Waals surface area (Å²) in [7, 11) is -0.227. The van der Waals surface area contributed by atoms with E-state index in [-0.39, 0.29) is 110 Å². The summed E-state index contributed by atoms with van der Waals surface area (Å²) in [5.74, 6) is -2.39. The number of anilines is 2. The number of likely N-dealkylation sites (N-methyl/N-ethyl adjacent to an activating group) is 1. The molecule has 0 saturated carbocycles. The van der Waals surface area contributed by atoms with E-state index in [9.17, 15) is 38.4 Å². The average Bonchev–Trinajstić information content (AvgIpc) is 3.51. The number of alkyl carbamates (subject to hydrolysis) is 1. The topological polar surface area (TPSA) is 253 Å². The van der Waals surface area contributed by atoms with Gasteiger partial charge in [-0.1, -0.05) is 128 Å². The minimum absolute atomic E-state index is 0.0165. The zero-order chi connectivity index (χ0) is 61.8. The highest BCUT2D eigenvalue weighted by Gasteiger charge is 2.38. The van der Waals surface area contributed by atoms with E-state index in [2.05, 4.69) is 110 Å². The summed E-state index contributed by atoms with van der Waals surface area (Å²) >= 11 is 0. The maximum Gasteiger partial charge on any atom is 0.407 e. The number of carboxylic acid groups (broad SMARTS) is 1. The third kappa shape index (κ3) is 26.5. The number of amides is 4. The zero-order valence-corrected chi connectivity index (χ0v) is 53.0. The maximum absolute atomic E-state index is 12.9. The molecule has 18 nitrogen and oxygen atoms in total. The Balaban J connectivity index is 0.000000461. The molecule has 20 heteroatoms. The number of hydrogen-bond donors (Lipinski definition) is 5. The molecule has 0 saturated heterocycles. The highest BCUT2D eigenvalue weighted by atomic mass is 28.4. The van der Waals surface area contributed by atoms with E-state index in [4.69, 9.17) is 24.4 Å². The first-order valence-electron chi connectivity index (χ1n) is 27.8. The Bertz CT molecular complexity index is 2730. The van der Waals surface area contributed by atoms with Crippen LogP contribution < -0.4 is 31.5 Å². The van der Waals surface area contributed by atoms with E-state index in [0.29, 0.717) is 18.8 Å². The summed E-state index contributed by atoms with van der Waals surface area (Å²) in [6.45, 7) is 27.2. The van der Waals surface area contributed by atoms with Crippen LogP contribution >= 0.6 is 0 Å². The van der Waals surface area contributed by atoms with Gasteiger partial charge in [-0.15, -0.1) is 0 Å². The third-order valence-corrected chi connectivity index (χ3v) is 23.4. The van der Waals surface area contributed by atoms with Crippen molar-refractivity contribution in [1.29, 1.82) is 0 Å². The molecule has 6 N–H and O–H groups in total. The Labute approximate surface area is 488 Å². The number of Topliss-reactive ketones (excluding diaryl/α,β-unsaturated/α-hetero) is 3. The smallest absolute Gasteiger partial charge is 0.407 e. The summed E-state index contributed by atoms with van der Waals surface area (Å²) in [5, 5.41) is 16.3. The maximum atomic E-state index is 12.9. The van der Waals surface area contributed by atoms with E-state index < -0.39 is 28.7 Å². The van der Waals surface area contributed by atoms with Crippen LogP contribution in [0.25, 0.3) is 0 Å². The van der Waals surface area contributed by atoms with Crippen molar-refractivity contribution in [2.24, 2.45) is 5.73 Å². The molecule has 0 unspecified atom stereocenters. The fourth-order valence-electron chi connectivity index (χ4n) is 6.89. The van der Waals surface area contributed by atoms with Gasteiger partial charge in [0, 0.05) is 50.3 Å². The molecule has 0 aromatic heterocycles. The lowest BCUT2D eigenvalue weighted by atomic mass is 10.1. The second kappa shape index (κ2) is 34.7. The zero-order valence-electron chi connectivity index (χ0n) is 51.0. The van der Waals surface area contributed by atoms with Gasteiger partial charge in [-0.2, -0.15) is 0 Å². The summed E-state index contributed by atoms with van der Waals surface area (Å²) in [4.78, 5) is 97.1. The molecule has 450 valence electrons. The molecule has 0 spiro atoms. The molecule has 0 aliphatic heterocycles. The number of nitrogens with two attached hydrogens (primary N) is 1. The first-order chi connectivity index (χ1) is 38.3. The quantitative estimate of drug-likeness (QED) is 0.0262. The number of benzene rings is 4. The van der Waals surface area contributed by atoms with E-state index in [1.807, 2.05) is 60.7 Å². The van der Waals surface area contributed by atoms with Gasteiger partial charge >= 0.3 is 12.1 Å². The van der Waals surface area contributed by atoms with Crippen molar-refractivity contribution in [3.05, 3.63) is 130 Å². The highest BCUT2D eigenvalue weighted by Crippen LogP contribution is 2.38. The minimum atomic E-state index is -1.92. The second-order valence-corrected chi connectivity index (χ2v) is 32.6. The van der Waals surface area contributed by atoms with Gasteiger partial charge in [0.05, 0.1) is 52.4 Å². The minimum Gasteiger partial charge on any atom is -0.481 e. The van der Waals surface area contributed by atoms with Gasteiger partial charge in [-0.25, -0.2) is 4.79 Å². The van der Waals surface area contributed by atoms with Crippen LogP contribution in [0.4, 0.5) is 16.2 Å². The fourth-order valence-corrected chi connectivity index (χ4v) is 8.81. The number of ether oxygens (including phenoxy) is 1. The molecule has 0 bridgehead atoms. The van der Waals surface area contributed by atoms with Gasteiger partial charge in [0.25, 0.3) is 0 Å². The van der Waals surface area contributed by atoms with Gasteiger partial charge in [0.2, 0.25) is 17.7 Å². The van der Waals surface area contributed by atoms with Crippen LogP contribution in [0.2, 0.25) is 36.3 Å². The van der Waals surface area contributed by atoms with Crippen molar-refractivity contribution >= 4 is 75.1 Å². The van der Waals surface area contributed by atoms with E-state index in [1.165, 1.54) is 5.56 Å². The monoisotopic (exact) mass is 1170 g/mol. The molecule has 0 radical (unpaired) electrons. The molecule has 0 aliphatic rings. The lowest BCUT2D eigenvalue weighted by Gasteiger charge is -2.36. The van der Waals surface area contributed by atoms with Crippen molar-refractivity contribution in [2.45, 2.75) is 150 Å². The Hall–Kier alpha value is -6.69. The predicted octanol–water partition coefficient (Wildman–Crippen LogP) is 9.71. The van der Waals surface area contributed by atoms with Crippen LogP contribution in [0.3, 0.4) is 0 Å². The number of carboxylic acids is 1. The lowest BCUT2D eigenvalue weighted by molar-refractivity contribution is -0.138. The molecular weight excluding hydrogens is 1080 g/mol. The number of hydrogen-bond acceptors (Lipinski definition) is 13. The molecule has 4 rings (SSSR count). The Morgan fingerprint density at radius 3 is 1.43 bits per heavy atom. The van der Waals surface area contributed by atoms with Crippen molar-refractivity contribution in [1.82, 2.24) is 16.0 Å². The van der Waals surface area contributed by atoms with Crippen molar-refractivity contribution < 1.29 is 57.1 Å². The van der Waals surface area contributed by atoms with Crippen LogP contribution in [0.1, 0.15) is 119 Å². The van der Waals surface area contributed by atoms with Gasteiger partial charge in [-0.3, -0.25) is 33.6 Å². The first kappa shape index (κ1) is 71.4. The lowest BCUT2D eigenvalue weighted by Crippen LogP contribution is -2.40. The third-order valence-electron chi connectivity index (χ3n) is 14.4. The number of aliphatic carboxylic acids is 1. The number of carbonyl (C=O) groups excluding carboxylic acids is 7. The van der Waals surface area contributed by atoms with E-state index in [0.717, 1.165) is 46.5 Å². The second-order valence-electron chi connectivity index (χ2n) is 23.0. The highest BCUT2D eigenvalue weighted by molar-refractivity contribution is 6.74. The molecule has 4 aromatic carbocycles. The summed E-state index contributed by atoms with van der Waals surface area (Å²) in [5.41, 5.74) is 13.0. The molecular formula is C62H92N6O12Si2. The van der Waals surface area contributed by atoms with Gasteiger partial charge in [-0.05, 0) is 101 Å². The van der Waals surface area contributed by atoms with Crippen LogP contribution in [-0.2, 0) is 75.0 Å². The molecule has 4 aromatic rings. The number of ketones is 3. The molecule has 82 heavy (non-hydrogen) atoms. The number of rotatable bonds is 28. The Kier molecular flexibility index (Phi) is 30.2. The van der Waals surface area contributed by atoms with Crippen molar-refractivity contribution in [3.8, 4) is 0 Å². The van der Waals surface area contributed by atoms with Gasteiger partial charge in [0.15, 0.2) is 34.0 Å². The summed E-state index contributed by atoms with van der Waals surface area (Å²) < 4.78 is 17.6. The Morgan fingerprint density at radius 1 is 0.537 bits per heavy atom. The summed E-state index contributed by atoms with van der Waals surface area (Å²) in [6, 6.07) is 30.3. The van der Waals surface area contributed by atoms with Gasteiger partial charge < -0.3 is 50.2 Å². The fraction of sp³-hybridized carbons (Fsp3) is 0.484. The van der Waals surface area contributed by atoms with Gasteiger partial charge in [0.1, 0.15) is 6.61 Å². The van der Waals surface area contributed by atoms with Crippen molar-refractivity contribution in [2.75, 3.05) is 56.6 Å². The number of aryl methyl sites for hydroxylation is 2. The molecule has 0 aliphatic carbocycles. The van der Waals surface area contributed by atoms with Crippen LogP contribution in [0.15, 0.2) is 97.1 Å².